The van der Waals surface area contributed by atoms with Gasteiger partial charge in [0, 0.05) is 19.3 Å². The number of carbonyl (C=O) groups is 4. The number of unbranched alkanes of at least 4 members (excludes halogenated alkanes) is 15. The van der Waals surface area contributed by atoms with Crippen LogP contribution in [0.15, 0.2) is 109 Å². The molecule has 0 aromatic carbocycles. The highest BCUT2D eigenvalue weighted by Gasteiger charge is 2.50. The molecule has 12 nitrogen and oxygen atoms in total. The molecule has 1 heterocycles. The normalized spacial score (nSPS) is 19.0. The maximum atomic E-state index is 13.1. The zero-order valence-electron chi connectivity index (χ0n) is 46.5. The second-order valence-corrected chi connectivity index (χ2v) is 19.2. The highest BCUT2D eigenvalue weighted by atomic mass is 16.7. The van der Waals surface area contributed by atoms with Crippen LogP contribution in [-0.4, -0.2) is 89.2 Å². The summed E-state index contributed by atoms with van der Waals surface area (Å²) in [7, 11) is 0. The summed E-state index contributed by atoms with van der Waals surface area (Å²) in [5, 5.41) is 31.4. The van der Waals surface area contributed by atoms with Gasteiger partial charge in [-0.05, 0) is 109 Å². The van der Waals surface area contributed by atoms with E-state index in [2.05, 4.69) is 118 Å². The molecule has 6 atom stereocenters. The number of aliphatic hydroxyl groups is 2. The largest absolute Gasteiger partial charge is 0.479 e. The lowest BCUT2D eigenvalue weighted by Gasteiger charge is -2.40. The van der Waals surface area contributed by atoms with Crippen LogP contribution in [0.2, 0.25) is 0 Å². The van der Waals surface area contributed by atoms with E-state index in [1.807, 2.05) is 12.2 Å². The smallest absolute Gasteiger partial charge is 0.335 e. The summed E-state index contributed by atoms with van der Waals surface area (Å²) in [6.45, 7) is 5.65. The molecule has 0 radical (unpaired) electrons. The van der Waals surface area contributed by atoms with E-state index in [0.717, 1.165) is 122 Å². The van der Waals surface area contributed by atoms with Gasteiger partial charge in [-0.25, -0.2) is 4.79 Å². The van der Waals surface area contributed by atoms with Crippen LogP contribution in [0.25, 0.3) is 0 Å². The molecule has 1 rings (SSSR count). The quantitative estimate of drug-likeness (QED) is 0.0228. The Morgan fingerprint density at radius 1 is 0.453 bits per heavy atom. The van der Waals surface area contributed by atoms with Gasteiger partial charge in [-0.15, -0.1) is 0 Å². The molecule has 75 heavy (non-hydrogen) atoms. The van der Waals surface area contributed by atoms with Crippen LogP contribution in [0.1, 0.15) is 213 Å². The fourth-order valence-corrected chi connectivity index (χ4v) is 7.95. The lowest BCUT2D eigenvalue weighted by atomic mass is 9.98. The fraction of sp³-hybridized carbons (Fsp3) is 0.651. The summed E-state index contributed by atoms with van der Waals surface area (Å²) < 4.78 is 28.3. The van der Waals surface area contributed by atoms with E-state index < -0.39 is 67.3 Å². The maximum absolute atomic E-state index is 13.1. The highest BCUT2D eigenvalue weighted by molar-refractivity contribution is 5.74. The predicted molar refractivity (Wildman–Crippen MR) is 303 cm³/mol. The number of carbonyl (C=O) groups excluding carboxylic acids is 3. The molecule has 0 aromatic heterocycles. The molecule has 6 unspecified atom stereocenters. The fourth-order valence-electron chi connectivity index (χ4n) is 7.95. The number of hydrogen-bond acceptors (Lipinski definition) is 11. The van der Waals surface area contributed by atoms with Crippen molar-refractivity contribution in [3.05, 3.63) is 109 Å². The first-order valence-electron chi connectivity index (χ1n) is 28.9. The monoisotopic (exact) mass is 1050 g/mol. The molecular formula is C63H100O12. The SMILES string of the molecule is CC/C=C\C/C=C\C/C=C\C/C=C\CCCCCCCCC(=O)OCC(COC1OC(C(=O)O)C(O)C(O)C1OC(=O)CCCCCCC/C=C\CCCCCC)OC(=O)CC/C=C\C/C=C\C/C=C\C/C=C\CC. The molecule has 0 saturated carbocycles. The van der Waals surface area contributed by atoms with Gasteiger partial charge in [0.05, 0.1) is 6.61 Å². The Labute approximate surface area is 453 Å². The molecule has 1 aliphatic heterocycles. The van der Waals surface area contributed by atoms with Crippen molar-refractivity contribution in [2.24, 2.45) is 0 Å². The molecular weight excluding hydrogens is 949 g/mol. The maximum Gasteiger partial charge on any atom is 0.335 e. The first kappa shape index (κ1) is 68.4. The van der Waals surface area contributed by atoms with E-state index in [0.29, 0.717) is 25.7 Å². The number of aliphatic hydroxyl groups excluding tert-OH is 2. The summed E-state index contributed by atoms with van der Waals surface area (Å²) in [5.41, 5.74) is 0. The van der Waals surface area contributed by atoms with Crippen molar-refractivity contribution < 1.29 is 58.2 Å². The Kier molecular flexibility index (Phi) is 45.8. The van der Waals surface area contributed by atoms with E-state index in [1.54, 1.807) is 0 Å². The minimum absolute atomic E-state index is 0.0323. The lowest BCUT2D eigenvalue weighted by Crippen LogP contribution is -2.61. The van der Waals surface area contributed by atoms with E-state index in [1.165, 1.54) is 25.7 Å². The number of esters is 3. The first-order chi connectivity index (χ1) is 36.6. The van der Waals surface area contributed by atoms with Crippen molar-refractivity contribution in [3.63, 3.8) is 0 Å². The van der Waals surface area contributed by atoms with Crippen LogP contribution in [0.4, 0.5) is 0 Å². The van der Waals surface area contributed by atoms with Gasteiger partial charge < -0.3 is 39.0 Å². The molecule has 0 aliphatic carbocycles. The molecule has 0 bridgehead atoms. The third kappa shape index (κ3) is 40.3. The van der Waals surface area contributed by atoms with Gasteiger partial charge >= 0.3 is 23.9 Å². The van der Waals surface area contributed by atoms with Crippen molar-refractivity contribution in [3.8, 4) is 0 Å². The van der Waals surface area contributed by atoms with Gasteiger partial charge in [0.1, 0.15) is 18.8 Å². The third-order valence-corrected chi connectivity index (χ3v) is 12.3. The number of ether oxygens (including phenoxy) is 5. The van der Waals surface area contributed by atoms with Gasteiger partial charge in [0.2, 0.25) is 0 Å². The number of rotatable bonds is 47. The number of aliphatic carboxylic acids is 1. The molecule has 0 amide bonds. The highest BCUT2D eigenvalue weighted by Crippen LogP contribution is 2.26. The van der Waals surface area contributed by atoms with E-state index in [-0.39, 0.29) is 25.9 Å². The Morgan fingerprint density at radius 3 is 1.35 bits per heavy atom. The average molecular weight is 1050 g/mol. The minimum atomic E-state index is -1.92. The Morgan fingerprint density at radius 2 is 0.867 bits per heavy atom. The number of carboxylic acid groups (broad SMARTS) is 1. The molecule has 1 aliphatic rings. The molecule has 1 fully saturated rings. The van der Waals surface area contributed by atoms with Gasteiger partial charge in [0.25, 0.3) is 0 Å². The van der Waals surface area contributed by atoms with Crippen molar-refractivity contribution in [1.29, 1.82) is 0 Å². The van der Waals surface area contributed by atoms with Crippen molar-refractivity contribution >= 4 is 23.9 Å². The van der Waals surface area contributed by atoms with Gasteiger partial charge in [-0.3, -0.25) is 14.4 Å². The van der Waals surface area contributed by atoms with Gasteiger partial charge in [-0.1, -0.05) is 194 Å². The molecule has 3 N–H and O–H groups in total. The summed E-state index contributed by atoms with van der Waals surface area (Å²) in [6, 6.07) is 0. The third-order valence-electron chi connectivity index (χ3n) is 12.3. The van der Waals surface area contributed by atoms with Crippen molar-refractivity contribution in [1.82, 2.24) is 0 Å². The molecule has 0 aromatic rings. The van der Waals surface area contributed by atoms with Crippen LogP contribution < -0.4 is 0 Å². The van der Waals surface area contributed by atoms with E-state index in [4.69, 9.17) is 23.7 Å². The van der Waals surface area contributed by atoms with Crippen molar-refractivity contribution in [2.75, 3.05) is 13.2 Å². The van der Waals surface area contributed by atoms with Crippen LogP contribution >= 0.6 is 0 Å². The Balaban J connectivity index is 2.74. The molecule has 1 saturated heterocycles. The van der Waals surface area contributed by atoms with Crippen molar-refractivity contribution in [2.45, 2.75) is 250 Å². The Hall–Kier alpha value is -4.62. The summed E-state index contributed by atoms with van der Waals surface area (Å²) in [6.07, 6.45) is 55.1. The van der Waals surface area contributed by atoms with E-state index in [9.17, 15) is 34.5 Å². The Bertz CT molecular complexity index is 1720. The number of allylic oxidation sites excluding steroid dienone is 18. The zero-order chi connectivity index (χ0) is 54.7. The first-order valence-corrected chi connectivity index (χ1v) is 28.9. The van der Waals surface area contributed by atoms with E-state index >= 15 is 0 Å². The molecule has 424 valence electrons. The molecule has 0 spiro atoms. The minimum Gasteiger partial charge on any atom is -0.479 e. The standard InChI is InChI=1S/C63H100O12/c1-4-7-10-13-16-19-22-25-26-27-28-29-30-33-34-37-40-43-46-49-55(64)71-52-54(73-56(65)50-47-44-41-38-35-31-23-20-17-14-11-8-5-2)53-72-63-61(59(68)58(67)60(75-63)62(69)70)74-57(66)51-48-45-42-39-36-32-24-21-18-15-12-9-6-3/h7-8,10-11,16-17,19-21,24-26,28-29,31,35,41,44,54,58-61,63,67-68H,4-6,9,12-15,18,22-23,27,30,32-34,36-40,42-43,45-53H2,1-3H3,(H,69,70)/b10-7-,11-8-,19-16-,20-17-,24-21-,26-25-,29-28-,35-31-,44-41-. The van der Waals surface area contributed by atoms with Crippen LogP contribution in [0.3, 0.4) is 0 Å². The topological polar surface area (TPSA) is 175 Å². The predicted octanol–water partition coefficient (Wildman–Crippen LogP) is 14.7. The van der Waals surface area contributed by atoms with Crippen LogP contribution in [0, 0.1) is 0 Å². The lowest BCUT2D eigenvalue weighted by molar-refractivity contribution is -0.301. The van der Waals surface area contributed by atoms with Crippen LogP contribution in [-0.2, 0) is 42.9 Å². The van der Waals surface area contributed by atoms with Crippen LogP contribution in [0.5, 0.6) is 0 Å². The zero-order valence-corrected chi connectivity index (χ0v) is 46.5. The summed E-state index contributed by atoms with van der Waals surface area (Å²) in [5.74, 6) is -3.27. The van der Waals surface area contributed by atoms with Gasteiger partial charge in [-0.2, -0.15) is 0 Å². The van der Waals surface area contributed by atoms with Gasteiger partial charge in [0.15, 0.2) is 24.6 Å². The summed E-state index contributed by atoms with van der Waals surface area (Å²) >= 11 is 0. The second kappa shape index (κ2) is 50.2. The number of hydrogen-bond donors (Lipinski definition) is 3. The number of carboxylic acids is 1. The summed E-state index contributed by atoms with van der Waals surface area (Å²) in [4.78, 5) is 51.0. The molecule has 12 heteroatoms. The average Bonchev–Trinajstić information content (AvgIpc) is 3.39. The second-order valence-electron chi connectivity index (χ2n) is 19.2.